The fraction of sp³-hybridized carbons (Fsp3) is 0.0476. The number of anilines is 4. The molecule has 0 unspecified atom stereocenters. The summed E-state index contributed by atoms with van der Waals surface area (Å²) in [6.07, 6.45) is 3.48. The number of hydrogen-bond acceptors (Lipinski definition) is 4. The zero-order chi connectivity index (χ0) is 16.6. The van der Waals surface area contributed by atoms with Gasteiger partial charge in [-0.15, -0.1) is 0 Å². The van der Waals surface area contributed by atoms with Crippen LogP contribution in [0.2, 0.25) is 0 Å². The van der Waals surface area contributed by atoms with E-state index in [9.17, 15) is 0 Å². The maximum atomic E-state index is 4.48. The van der Waals surface area contributed by atoms with Crippen molar-refractivity contribution in [3.63, 3.8) is 0 Å². The molecule has 3 aromatic carbocycles. The number of hydrogen-bond donors (Lipinski definition) is 0. The van der Waals surface area contributed by atoms with Crippen LogP contribution in [0.1, 0.15) is 0 Å². The molecule has 4 aromatic rings. The second-order valence-electron chi connectivity index (χ2n) is 6.05. The van der Waals surface area contributed by atoms with Gasteiger partial charge in [0.2, 0.25) is 0 Å². The molecule has 4 heteroatoms. The molecule has 0 aliphatic carbocycles. The molecule has 0 saturated heterocycles. The van der Waals surface area contributed by atoms with Gasteiger partial charge in [0.1, 0.15) is 6.67 Å². The third kappa shape index (κ3) is 2.31. The van der Waals surface area contributed by atoms with Gasteiger partial charge in [0.25, 0.3) is 0 Å². The van der Waals surface area contributed by atoms with E-state index in [0.29, 0.717) is 0 Å². The minimum atomic E-state index is 0.764. The molecule has 0 amide bonds. The molecule has 5 rings (SSSR count). The smallest absolute Gasteiger partial charge is 0.100 e. The van der Waals surface area contributed by atoms with Crippen molar-refractivity contribution >= 4 is 33.8 Å². The van der Waals surface area contributed by atoms with Crippen LogP contribution in [0.15, 0.2) is 85.2 Å². The van der Waals surface area contributed by atoms with Gasteiger partial charge in [-0.1, -0.05) is 36.4 Å². The fourth-order valence-corrected chi connectivity index (χ4v) is 3.37. The topological polar surface area (TPSA) is 32.3 Å². The van der Waals surface area contributed by atoms with Gasteiger partial charge in [-0.2, -0.15) is 0 Å². The van der Waals surface area contributed by atoms with Crippen LogP contribution in [0.4, 0.5) is 22.7 Å². The van der Waals surface area contributed by atoms with Crippen LogP contribution in [0.25, 0.3) is 11.0 Å². The fourth-order valence-electron chi connectivity index (χ4n) is 3.37. The predicted molar refractivity (Wildman–Crippen MR) is 102 cm³/mol. The normalized spacial score (nSPS) is 13.3. The van der Waals surface area contributed by atoms with E-state index in [-0.39, 0.29) is 0 Å². The van der Waals surface area contributed by atoms with E-state index in [2.05, 4.69) is 80.4 Å². The van der Waals surface area contributed by atoms with E-state index in [1.54, 1.807) is 12.4 Å². The molecule has 0 radical (unpaired) electrons. The highest BCUT2D eigenvalue weighted by atomic mass is 15.4. The molecule has 25 heavy (non-hydrogen) atoms. The molecule has 1 aromatic heterocycles. The maximum Gasteiger partial charge on any atom is 0.100 e. The molecule has 0 bridgehead atoms. The summed E-state index contributed by atoms with van der Waals surface area (Å²) in [7, 11) is 0. The second kappa shape index (κ2) is 5.60. The van der Waals surface area contributed by atoms with Crippen molar-refractivity contribution in [1.29, 1.82) is 0 Å². The lowest BCUT2D eigenvalue weighted by Gasteiger charge is -2.21. The summed E-state index contributed by atoms with van der Waals surface area (Å²) in [6.45, 7) is 0.764. The summed E-state index contributed by atoms with van der Waals surface area (Å²) in [6, 6.07) is 25.2. The Balaban J connectivity index is 1.72. The standard InChI is InChI=1S/C21H16N4/c1-3-7-16(8-4-1)24-15-25(17-9-5-2-6-10-17)21-14-19-18(13-20(21)24)22-11-12-23-19/h1-14H,15H2. The van der Waals surface area contributed by atoms with E-state index in [4.69, 9.17) is 0 Å². The van der Waals surface area contributed by atoms with E-state index in [1.807, 2.05) is 12.1 Å². The van der Waals surface area contributed by atoms with Crippen LogP contribution < -0.4 is 9.80 Å². The minimum Gasteiger partial charge on any atom is -0.321 e. The van der Waals surface area contributed by atoms with Crippen molar-refractivity contribution in [1.82, 2.24) is 9.97 Å². The van der Waals surface area contributed by atoms with Crippen molar-refractivity contribution in [2.24, 2.45) is 0 Å². The van der Waals surface area contributed by atoms with Gasteiger partial charge in [0.05, 0.1) is 22.4 Å². The number of rotatable bonds is 2. The molecule has 0 atom stereocenters. The molecule has 4 nitrogen and oxygen atoms in total. The molecular weight excluding hydrogens is 308 g/mol. The Morgan fingerprint density at radius 1 is 0.600 bits per heavy atom. The first-order chi connectivity index (χ1) is 12.4. The summed E-state index contributed by atoms with van der Waals surface area (Å²) in [5.74, 6) is 0. The predicted octanol–water partition coefficient (Wildman–Crippen LogP) is 4.88. The van der Waals surface area contributed by atoms with Crippen LogP contribution in [0.3, 0.4) is 0 Å². The Morgan fingerprint density at radius 2 is 1.04 bits per heavy atom. The number of benzene rings is 3. The van der Waals surface area contributed by atoms with E-state index < -0.39 is 0 Å². The van der Waals surface area contributed by atoms with Gasteiger partial charge in [0.15, 0.2) is 0 Å². The van der Waals surface area contributed by atoms with Gasteiger partial charge >= 0.3 is 0 Å². The lowest BCUT2D eigenvalue weighted by Crippen LogP contribution is -2.23. The average molecular weight is 324 g/mol. The third-order valence-electron chi connectivity index (χ3n) is 4.57. The zero-order valence-electron chi connectivity index (χ0n) is 13.6. The Morgan fingerprint density at radius 3 is 1.48 bits per heavy atom. The maximum absolute atomic E-state index is 4.48. The molecule has 120 valence electrons. The van der Waals surface area contributed by atoms with Crippen molar-refractivity contribution in [3.8, 4) is 0 Å². The molecule has 0 spiro atoms. The number of nitrogens with zero attached hydrogens (tertiary/aromatic N) is 4. The summed E-state index contributed by atoms with van der Waals surface area (Å²) in [5.41, 5.74) is 6.48. The van der Waals surface area contributed by atoms with Crippen LogP contribution in [0.5, 0.6) is 0 Å². The van der Waals surface area contributed by atoms with Crippen LogP contribution >= 0.6 is 0 Å². The molecule has 0 fully saturated rings. The molecular formula is C21H16N4. The number of para-hydroxylation sites is 2. The zero-order valence-corrected chi connectivity index (χ0v) is 13.6. The van der Waals surface area contributed by atoms with Crippen molar-refractivity contribution < 1.29 is 0 Å². The highest BCUT2D eigenvalue weighted by Crippen LogP contribution is 2.45. The molecule has 0 saturated carbocycles. The Kier molecular flexibility index (Phi) is 3.13. The van der Waals surface area contributed by atoms with Crippen molar-refractivity contribution in [2.75, 3.05) is 16.5 Å². The lowest BCUT2D eigenvalue weighted by atomic mass is 10.2. The average Bonchev–Trinajstić information content (AvgIpc) is 3.06. The quantitative estimate of drug-likeness (QED) is 0.526. The third-order valence-corrected chi connectivity index (χ3v) is 4.57. The minimum absolute atomic E-state index is 0.764. The summed E-state index contributed by atoms with van der Waals surface area (Å²) < 4.78 is 0. The SMILES string of the molecule is c1ccc(N2CN(c3ccccc3)c3cc4nccnc4cc32)cc1. The van der Waals surface area contributed by atoms with Gasteiger partial charge in [0, 0.05) is 23.8 Å². The highest BCUT2D eigenvalue weighted by Gasteiger charge is 2.28. The van der Waals surface area contributed by atoms with Gasteiger partial charge in [-0.25, -0.2) is 0 Å². The Labute approximate surface area is 146 Å². The van der Waals surface area contributed by atoms with Gasteiger partial charge in [-0.05, 0) is 36.4 Å². The number of fused-ring (bicyclic) bond motifs is 2. The molecule has 1 aliphatic heterocycles. The summed E-state index contributed by atoms with van der Waals surface area (Å²) in [5, 5.41) is 0. The highest BCUT2D eigenvalue weighted by molar-refractivity contribution is 5.95. The van der Waals surface area contributed by atoms with Gasteiger partial charge < -0.3 is 9.80 Å². The van der Waals surface area contributed by atoms with Crippen LogP contribution in [-0.4, -0.2) is 16.6 Å². The monoisotopic (exact) mass is 324 g/mol. The molecule has 0 N–H and O–H groups in total. The first-order valence-electron chi connectivity index (χ1n) is 8.30. The van der Waals surface area contributed by atoms with E-state index in [1.165, 1.54) is 11.4 Å². The molecule has 2 heterocycles. The first kappa shape index (κ1) is 14.0. The Hall–Kier alpha value is -3.40. The van der Waals surface area contributed by atoms with E-state index >= 15 is 0 Å². The summed E-state index contributed by atoms with van der Waals surface area (Å²) >= 11 is 0. The summed E-state index contributed by atoms with van der Waals surface area (Å²) in [4.78, 5) is 13.6. The largest absolute Gasteiger partial charge is 0.321 e. The second-order valence-corrected chi connectivity index (χ2v) is 6.05. The van der Waals surface area contributed by atoms with Crippen molar-refractivity contribution in [2.45, 2.75) is 0 Å². The number of aromatic nitrogens is 2. The van der Waals surface area contributed by atoms with E-state index in [0.717, 1.165) is 29.1 Å². The Bertz CT molecular complexity index is 947. The van der Waals surface area contributed by atoms with Crippen LogP contribution in [0, 0.1) is 0 Å². The first-order valence-corrected chi connectivity index (χ1v) is 8.30. The van der Waals surface area contributed by atoms with Crippen LogP contribution in [-0.2, 0) is 0 Å². The molecule has 1 aliphatic rings. The van der Waals surface area contributed by atoms with Crippen molar-refractivity contribution in [3.05, 3.63) is 85.2 Å². The van der Waals surface area contributed by atoms with Gasteiger partial charge in [-0.3, -0.25) is 9.97 Å². The lowest BCUT2D eigenvalue weighted by molar-refractivity contribution is 0.991.